The second-order valence-electron chi connectivity index (χ2n) is 25.9. The maximum Gasteiger partial charge on any atom is 0.335 e. The highest BCUT2D eigenvalue weighted by Crippen LogP contribution is 2.76. The monoisotopic (exact) mass is 1090 g/mol. The lowest BCUT2D eigenvalue weighted by atomic mass is 9.33. The number of esters is 1. The van der Waals surface area contributed by atoms with E-state index in [1.54, 1.807) is 0 Å². The van der Waals surface area contributed by atoms with E-state index in [2.05, 4.69) is 54.5 Å². The first-order valence-corrected chi connectivity index (χ1v) is 27.2. The molecule has 76 heavy (non-hydrogen) atoms. The maximum atomic E-state index is 14.8. The lowest BCUT2D eigenvalue weighted by Crippen LogP contribution is -2.68. The maximum absolute atomic E-state index is 14.8. The minimum absolute atomic E-state index is 0.0192. The molecule has 0 radical (unpaired) electrons. The standard InChI is InChI=1S/C53H84O23/c1-48(2)14-16-53(47(68)76-45-37(64)34(61)32(59)26(20-55)71-45)17-15-51(6)22(23(53)18-48)8-9-28-50(5)12-11-29(49(3,4)27(50)10-13-52(28,51)7)72-46-40(74-43-35(62)30(57)24(56)21-69-43)38(65)39(41(75-46)42(66)67)73-44-36(63)33(60)31(58)25(19-54)70-44/h8,23-41,43-46,54-65H,9-21H2,1-7H3,(H,66,67)/t23-,24+,25+,26+,27?,28+,29-,30-,31+,32+,33-,34-,35+,36+,37+,38-,39-,40+,41-,43-,44-,45-,46+,50-,51+,52+,53-/m0/s1. The van der Waals surface area contributed by atoms with Gasteiger partial charge in [-0.3, -0.25) is 4.79 Å². The van der Waals surface area contributed by atoms with E-state index in [1.165, 1.54) is 5.57 Å². The van der Waals surface area contributed by atoms with Gasteiger partial charge < -0.3 is 104 Å². The highest BCUT2D eigenvalue weighted by atomic mass is 16.8. The van der Waals surface area contributed by atoms with Crippen molar-refractivity contribution in [1.82, 2.24) is 0 Å². The van der Waals surface area contributed by atoms with Crippen LogP contribution in [0.3, 0.4) is 0 Å². The average molecular weight is 1090 g/mol. The Labute approximate surface area is 442 Å². The zero-order valence-electron chi connectivity index (χ0n) is 44.4. The van der Waals surface area contributed by atoms with Crippen molar-refractivity contribution in [1.29, 1.82) is 0 Å². The first-order valence-electron chi connectivity index (χ1n) is 27.2. The predicted octanol–water partition coefficient (Wildman–Crippen LogP) is -1.30. The van der Waals surface area contributed by atoms with Crippen molar-refractivity contribution in [2.75, 3.05) is 19.8 Å². The number of carbonyl (C=O) groups excluding carboxylic acids is 1. The molecule has 0 spiro atoms. The van der Waals surface area contributed by atoms with Crippen molar-refractivity contribution in [2.45, 2.75) is 235 Å². The van der Waals surface area contributed by atoms with Crippen LogP contribution in [0.2, 0.25) is 0 Å². The van der Waals surface area contributed by atoms with Crippen LogP contribution in [0, 0.1) is 50.2 Å². The van der Waals surface area contributed by atoms with E-state index >= 15 is 0 Å². The van der Waals surface area contributed by atoms with Gasteiger partial charge in [0.1, 0.15) is 85.5 Å². The lowest BCUT2D eigenvalue weighted by molar-refractivity contribution is -0.386. The Morgan fingerprint density at radius 2 is 1.20 bits per heavy atom. The van der Waals surface area contributed by atoms with Gasteiger partial charge in [0, 0.05) is 0 Å². The van der Waals surface area contributed by atoms with E-state index in [1.807, 2.05) is 0 Å². The number of hydrogen-bond donors (Lipinski definition) is 13. The van der Waals surface area contributed by atoms with Crippen LogP contribution in [-0.4, -0.2) is 221 Å². The Balaban J connectivity index is 0.978. The lowest BCUT2D eigenvalue weighted by Gasteiger charge is -2.71. The van der Waals surface area contributed by atoms with Crippen molar-refractivity contribution in [3.05, 3.63) is 11.6 Å². The summed E-state index contributed by atoms with van der Waals surface area (Å²) in [6.45, 7) is 13.7. The number of fused-ring (bicyclic) bond motifs is 7. The molecule has 0 aromatic heterocycles. The summed E-state index contributed by atoms with van der Waals surface area (Å²) in [5, 5.41) is 138. The van der Waals surface area contributed by atoms with Crippen LogP contribution >= 0.6 is 0 Å². The highest BCUT2D eigenvalue weighted by molar-refractivity contribution is 5.79. The smallest absolute Gasteiger partial charge is 0.335 e. The fourth-order valence-electron chi connectivity index (χ4n) is 16.2. The molecular formula is C53H84O23. The summed E-state index contributed by atoms with van der Waals surface area (Å²) >= 11 is 0. The van der Waals surface area contributed by atoms with E-state index in [0.29, 0.717) is 38.5 Å². The van der Waals surface area contributed by atoms with Crippen LogP contribution in [0.5, 0.6) is 0 Å². The molecule has 4 heterocycles. The molecule has 4 saturated heterocycles. The Bertz CT molecular complexity index is 2140. The van der Waals surface area contributed by atoms with Crippen LogP contribution in [0.4, 0.5) is 0 Å². The fraction of sp³-hybridized carbons (Fsp3) is 0.925. The third-order valence-corrected chi connectivity index (χ3v) is 21.0. The molecule has 0 bridgehead atoms. The first-order chi connectivity index (χ1) is 35.5. The van der Waals surface area contributed by atoms with Gasteiger partial charge in [-0.05, 0) is 109 Å². The van der Waals surface area contributed by atoms with E-state index in [4.69, 9.17) is 37.9 Å². The molecule has 9 aliphatic rings. The molecule has 23 nitrogen and oxygen atoms in total. The Morgan fingerprint density at radius 1 is 0.605 bits per heavy atom. The summed E-state index contributed by atoms with van der Waals surface area (Å²) in [7, 11) is 0. The number of carboxylic acids is 1. The second kappa shape index (κ2) is 21.0. The average Bonchev–Trinajstić information content (AvgIpc) is 3.46. The van der Waals surface area contributed by atoms with Crippen LogP contribution in [0.25, 0.3) is 0 Å². The zero-order valence-corrected chi connectivity index (χ0v) is 44.4. The molecule has 434 valence electrons. The van der Waals surface area contributed by atoms with Gasteiger partial charge in [-0.25, -0.2) is 4.79 Å². The summed E-state index contributed by atoms with van der Waals surface area (Å²) in [5.74, 6) is -2.19. The first kappa shape index (κ1) is 58.6. The number of aliphatic carboxylic acids is 1. The van der Waals surface area contributed by atoms with Gasteiger partial charge in [-0.2, -0.15) is 0 Å². The van der Waals surface area contributed by atoms with Crippen LogP contribution in [0.1, 0.15) is 113 Å². The molecule has 27 atom stereocenters. The van der Waals surface area contributed by atoms with Gasteiger partial charge in [0.05, 0.1) is 31.3 Å². The summed E-state index contributed by atoms with van der Waals surface area (Å²) in [6, 6.07) is 0. The number of aliphatic hydroxyl groups is 12. The van der Waals surface area contributed by atoms with Crippen LogP contribution in [0.15, 0.2) is 11.6 Å². The third kappa shape index (κ3) is 9.42. The number of ether oxygens (including phenoxy) is 8. The van der Waals surface area contributed by atoms with Crippen molar-refractivity contribution >= 4 is 11.9 Å². The molecule has 4 aliphatic heterocycles. The Morgan fingerprint density at radius 3 is 1.83 bits per heavy atom. The summed E-state index contributed by atoms with van der Waals surface area (Å²) in [4.78, 5) is 27.8. The van der Waals surface area contributed by atoms with E-state index in [-0.39, 0.29) is 39.4 Å². The molecule has 0 amide bonds. The molecule has 13 N–H and O–H groups in total. The highest BCUT2D eigenvalue weighted by Gasteiger charge is 2.70. The Hall–Kier alpha value is -2.08. The topological polar surface area (TPSA) is 371 Å². The number of aliphatic hydroxyl groups excluding tert-OH is 12. The van der Waals surface area contributed by atoms with E-state index in [9.17, 15) is 76.0 Å². The number of hydrogen-bond acceptors (Lipinski definition) is 22. The van der Waals surface area contributed by atoms with Crippen molar-refractivity contribution in [3.63, 3.8) is 0 Å². The molecule has 9 rings (SSSR count). The zero-order chi connectivity index (χ0) is 55.6. The van der Waals surface area contributed by atoms with Gasteiger partial charge >= 0.3 is 11.9 Å². The van der Waals surface area contributed by atoms with Gasteiger partial charge in [-0.1, -0.05) is 60.1 Å². The molecule has 23 heteroatoms. The molecular weight excluding hydrogens is 1000 g/mol. The largest absolute Gasteiger partial charge is 0.479 e. The van der Waals surface area contributed by atoms with Gasteiger partial charge in [-0.15, -0.1) is 0 Å². The predicted molar refractivity (Wildman–Crippen MR) is 257 cm³/mol. The molecule has 0 aromatic rings. The van der Waals surface area contributed by atoms with Gasteiger partial charge in [0.15, 0.2) is 25.0 Å². The number of carbonyl (C=O) groups is 2. The normalized spacial score (nSPS) is 52.9. The summed E-state index contributed by atoms with van der Waals surface area (Å²) in [5.41, 5.74) is -1.37. The molecule has 5 aliphatic carbocycles. The van der Waals surface area contributed by atoms with E-state index < -0.39 is 165 Å². The minimum Gasteiger partial charge on any atom is -0.479 e. The second-order valence-corrected chi connectivity index (χ2v) is 25.9. The third-order valence-electron chi connectivity index (χ3n) is 21.0. The summed E-state index contributed by atoms with van der Waals surface area (Å²) in [6.07, 6.45) is -24.8. The Kier molecular flexibility index (Phi) is 16.2. The van der Waals surface area contributed by atoms with Crippen molar-refractivity contribution in [2.24, 2.45) is 50.2 Å². The minimum atomic E-state index is -2.04. The van der Waals surface area contributed by atoms with Crippen LogP contribution < -0.4 is 0 Å². The number of carboxylic acid groups (broad SMARTS) is 1. The number of allylic oxidation sites excluding steroid dienone is 2. The molecule has 1 unspecified atom stereocenters. The van der Waals surface area contributed by atoms with Gasteiger partial charge in [0.25, 0.3) is 0 Å². The summed E-state index contributed by atoms with van der Waals surface area (Å²) < 4.78 is 47.7. The SMILES string of the molecule is CC1(C)CC[C@]2(C(=O)O[C@@H]3O[C@H](CO)[C@@H](O)[C@H](O)[C@H]3O)CC[C@]3(C)C(=CC[C@@H]4[C@@]5(C)CC[C@H](O[C@@H]6O[C@H](C(=O)O)[C@@H](O[C@@H]7O[C@H](CO)[C@@H](O)[C@H](O)[C@H]7O)[C@H](O)[C@H]6O[C@@H]6OC[C@@H](O)[C@H](O)[C@H]6O)C(C)(C)C5CC[C@]43C)[C@@H]2C1. The number of rotatable bonds is 11. The van der Waals surface area contributed by atoms with Crippen molar-refractivity contribution in [3.8, 4) is 0 Å². The molecule has 0 aromatic carbocycles. The van der Waals surface area contributed by atoms with Crippen molar-refractivity contribution < 1.29 is 114 Å². The van der Waals surface area contributed by atoms with Crippen LogP contribution in [-0.2, 0) is 47.5 Å². The van der Waals surface area contributed by atoms with Gasteiger partial charge in [0.2, 0.25) is 6.29 Å². The fourth-order valence-corrected chi connectivity index (χ4v) is 16.2. The quantitative estimate of drug-likeness (QED) is 0.0649. The molecule has 4 saturated carbocycles. The van der Waals surface area contributed by atoms with E-state index in [0.717, 1.165) is 25.7 Å². The molecule has 8 fully saturated rings.